The van der Waals surface area contributed by atoms with Crippen LogP contribution in [0.4, 0.5) is 5.69 Å². The minimum Gasteiger partial charge on any atom is -0.369 e. The van der Waals surface area contributed by atoms with Crippen LogP contribution in [0.15, 0.2) is 12.1 Å². The maximum Gasteiger partial charge on any atom is 0.0426 e. The van der Waals surface area contributed by atoms with Gasteiger partial charge in [0.15, 0.2) is 0 Å². The highest BCUT2D eigenvalue weighted by atomic mass is 15.2. The van der Waals surface area contributed by atoms with Gasteiger partial charge in [0.2, 0.25) is 0 Å². The standard InChI is InChI=1S/C15H24N2/c1-5-14-10-12(2)15(13(3)11-14)17-8-6-16(4)7-9-17/h10-11H,5-9H2,1-4H3. The van der Waals surface area contributed by atoms with Crippen LogP contribution in [0, 0.1) is 13.8 Å². The first-order chi connectivity index (χ1) is 8.11. The summed E-state index contributed by atoms with van der Waals surface area (Å²) in [7, 11) is 2.21. The van der Waals surface area contributed by atoms with E-state index in [1.807, 2.05) is 0 Å². The molecule has 1 heterocycles. The molecule has 0 N–H and O–H groups in total. The Morgan fingerprint density at radius 1 is 1.00 bits per heavy atom. The molecule has 0 bridgehead atoms. The van der Waals surface area contributed by atoms with Crippen LogP contribution in [-0.4, -0.2) is 38.1 Å². The van der Waals surface area contributed by atoms with Gasteiger partial charge >= 0.3 is 0 Å². The number of hydrogen-bond donors (Lipinski definition) is 0. The second-order valence-corrected chi connectivity index (χ2v) is 5.22. The van der Waals surface area contributed by atoms with Crippen LogP contribution < -0.4 is 4.90 Å². The molecule has 1 fully saturated rings. The molecule has 0 radical (unpaired) electrons. The Hall–Kier alpha value is -1.02. The predicted molar refractivity (Wildman–Crippen MR) is 75.0 cm³/mol. The van der Waals surface area contributed by atoms with E-state index in [0.29, 0.717) is 0 Å². The normalized spacial score (nSPS) is 17.5. The summed E-state index contributed by atoms with van der Waals surface area (Å²) < 4.78 is 0. The van der Waals surface area contributed by atoms with E-state index < -0.39 is 0 Å². The zero-order valence-corrected chi connectivity index (χ0v) is 11.6. The van der Waals surface area contributed by atoms with Gasteiger partial charge < -0.3 is 9.80 Å². The zero-order valence-electron chi connectivity index (χ0n) is 11.6. The van der Waals surface area contributed by atoms with E-state index in [1.54, 1.807) is 0 Å². The second kappa shape index (κ2) is 5.09. The fraction of sp³-hybridized carbons (Fsp3) is 0.600. The van der Waals surface area contributed by atoms with Gasteiger partial charge in [0, 0.05) is 31.9 Å². The summed E-state index contributed by atoms with van der Waals surface area (Å²) in [6, 6.07) is 4.70. The van der Waals surface area contributed by atoms with Crippen molar-refractivity contribution in [1.82, 2.24) is 4.90 Å². The molecule has 1 aromatic carbocycles. The van der Waals surface area contributed by atoms with Crippen LogP contribution in [0.25, 0.3) is 0 Å². The number of likely N-dealkylation sites (N-methyl/N-ethyl adjacent to an activating group) is 1. The van der Waals surface area contributed by atoms with Crippen molar-refractivity contribution in [2.75, 3.05) is 38.1 Å². The molecule has 94 valence electrons. The SMILES string of the molecule is CCc1cc(C)c(N2CCN(C)CC2)c(C)c1. The number of aryl methyl sites for hydroxylation is 3. The molecule has 0 aromatic heterocycles. The first-order valence-corrected chi connectivity index (χ1v) is 6.65. The third-order valence-corrected chi connectivity index (χ3v) is 3.78. The molecule has 0 atom stereocenters. The maximum atomic E-state index is 2.55. The Labute approximate surface area is 105 Å². The highest BCUT2D eigenvalue weighted by molar-refractivity contribution is 5.60. The molecule has 2 heteroatoms. The van der Waals surface area contributed by atoms with Gasteiger partial charge in [-0.15, -0.1) is 0 Å². The molecule has 1 aromatic rings. The van der Waals surface area contributed by atoms with Crippen molar-refractivity contribution in [2.24, 2.45) is 0 Å². The van der Waals surface area contributed by atoms with Crippen LogP contribution >= 0.6 is 0 Å². The summed E-state index contributed by atoms with van der Waals surface area (Å²) in [5, 5.41) is 0. The Morgan fingerprint density at radius 2 is 1.53 bits per heavy atom. The van der Waals surface area contributed by atoms with Crippen molar-refractivity contribution < 1.29 is 0 Å². The number of piperazine rings is 1. The summed E-state index contributed by atoms with van der Waals surface area (Å²) in [5.74, 6) is 0. The van der Waals surface area contributed by atoms with Crippen molar-refractivity contribution >= 4 is 5.69 Å². The lowest BCUT2D eigenvalue weighted by Crippen LogP contribution is -2.45. The van der Waals surface area contributed by atoms with Crippen molar-refractivity contribution in [3.63, 3.8) is 0 Å². The van der Waals surface area contributed by atoms with Crippen LogP contribution in [-0.2, 0) is 6.42 Å². The lowest BCUT2D eigenvalue weighted by atomic mass is 10.0. The van der Waals surface area contributed by atoms with Gasteiger partial charge in [0.1, 0.15) is 0 Å². The van der Waals surface area contributed by atoms with Gasteiger partial charge in [-0.25, -0.2) is 0 Å². The maximum absolute atomic E-state index is 2.55. The van der Waals surface area contributed by atoms with Gasteiger partial charge in [-0.2, -0.15) is 0 Å². The quantitative estimate of drug-likeness (QED) is 0.773. The number of nitrogens with zero attached hydrogens (tertiary/aromatic N) is 2. The average Bonchev–Trinajstić information content (AvgIpc) is 2.30. The lowest BCUT2D eigenvalue weighted by molar-refractivity contribution is 0.312. The van der Waals surface area contributed by atoms with Crippen molar-refractivity contribution in [3.05, 3.63) is 28.8 Å². The first-order valence-electron chi connectivity index (χ1n) is 6.65. The van der Waals surface area contributed by atoms with Crippen LogP contribution in [0.2, 0.25) is 0 Å². The van der Waals surface area contributed by atoms with E-state index in [9.17, 15) is 0 Å². The fourth-order valence-electron chi connectivity index (χ4n) is 2.78. The Kier molecular flexibility index (Phi) is 3.72. The third kappa shape index (κ3) is 2.63. The molecule has 0 aliphatic carbocycles. The molecule has 17 heavy (non-hydrogen) atoms. The molecule has 0 saturated carbocycles. The second-order valence-electron chi connectivity index (χ2n) is 5.22. The van der Waals surface area contributed by atoms with Gasteiger partial charge in [0.05, 0.1) is 0 Å². The van der Waals surface area contributed by atoms with Gasteiger partial charge in [-0.3, -0.25) is 0 Å². The predicted octanol–water partition coefficient (Wildman–Crippen LogP) is 2.62. The summed E-state index contributed by atoms with van der Waals surface area (Å²) >= 11 is 0. The van der Waals surface area contributed by atoms with Crippen LogP contribution in [0.1, 0.15) is 23.6 Å². The van der Waals surface area contributed by atoms with Gasteiger partial charge in [0.25, 0.3) is 0 Å². The third-order valence-electron chi connectivity index (χ3n) is 3.78. The number of hydrogen-bond acceptors (Lipinski definition) is 2. The molecule has 0 amide bonds. The summed E-state index contributed by atoms with van der Waals surface area (Å²) in [6.07, 6.45) is 1.13. The summed E-state index contributed by atoms with van der Waals surface area (Å²) in [4.78, 5) is 4.95. The smallest absolute Gasteiger partial charge is 0.0426 e. The van der Waals surface area contributed by atoms with E-state index in [4.69, 9.17) is 0 Å². The highest BCUT2D eigenvalue weighted by Gasteiger charge is 2.17. The van der Waals surface area contributed by atoms with E-state index in [2.05, 4.69) is 49.8 Å². The first kappa shape index (κ1) is 12.4. The number of benzene rings is 1. The molecular formula is C15H24N2. The minimum absolute atomic E-state index is 1.13. The largest absolute Gasteiger partial charge is 0.369 e. The van der Waals surface area contributed by atoms with Crippen molar-refractivity contribution in [3.8, 4) is 0 Å². The Morgan fingerprint density at radius 3 is 2.00 bits per heavy atom. The van der Waals surface area contributed by atoms with E-state index in [0.717, 1.165) is 19.5 Å². The molecule has 0 unspecified atom stereocenters. The van der Waals surface area contributed by atoms with Crippen LogP contribution in [0.3, 0.4) is 0 Å². The highest BCUT2D eigenvalue weighted by Crippen LogP contribution is 2.27. The topological polar surface area (TPSA) is 6.48 Å². The van der Waals surface area contributed by atoms with Gasteiger partial charge in [-0.1, -0.05) is 19.1 Å². The molecule has 2 rings (SSSR count). The number of rotatable bonds is 2. The minimum atomic E-state index is 1.13. The zero-order chi connectivity index (χ0) is 12.4. The molecule has 1 aliphatic heterocycles. The molecular weight excluding hydrogens is 208 g/mol. The lowest BCUT2D eigenvalue weighted by Gasteiger charge is -2.36. The summed E-state index contributed by atoms with van der Waals surface area (Å²) in [6.45, 7) is 11.4. The average molecular weight is 232 g/mol. The van der Waals surface area contributed by atoms with Gasteiger partial charge in [-0.05, 0) is 44.0 Å². The van der Waals surface area contributed by atoms with E-state index >= 15 is 0 Å². The summed E-state index contributed by atoms with van der Waals surface area (Å²) in [5.41, 5.74) is 5.80. The Balaban J connectivity index is 2.26. The fourth-order valence-corrected chi connectivity index (χ4v) is 2.78. The monoisotopic (exact) mass is 232 g/mol. The van der Waals surface area contributed by atoms with E-state index in [1.165, 1.54) is 35.5 Å². The van der Waals surface area contributed by atoms with Crippen LogP contribution in [0.5, 0.6) is 0 Å². The molecule has 1 saturated heterocycles. The van der Waals surface area contributed by atoms with Crippen molar-refractivity contribution in [2.45, 2.75) is 27.2 Å². The number of anilines is 1. The molecule has 1 aliphatic rings. The Bertz CT molecular complexity index is 367. The molecule has 2 nitrogen and oxygen atoms in total. The molecule has 0 spiro atoms. The van der Waals surface area contributed by atoms with E-state index in [-0.39, 0.29) is 0 Å². The van der Waals surface area contributed by atoms with Crippen molar-refractivity contribution in [1.29, 1.82) is 0 Å².